The van der Waals surface area contributed by atoms with Crippen molar-refractivity contribution >= 4 is 22.6 Å². The molecular weight excluding hydrogens is 326 g/mol. The minimum absolute atomic E-state index is 0.0271. The zero-order valence-electron chi connectivity index (χ0n) is 15.5. The molecule has 0 aliphatic carbocycles. The number of aliphatic hydroxyl groups excluding tert-OH is 1. The number of hydrogen-bond donors (Lipinski definition) is 1. The third-order valence-electron chi connectivity index (χ3n) is 4.48. The van der Waals surface area contributed by atoms with E-state index in [1.54, 1.807) is 4.90 Å². The quantitative estimate of drug-likeness (QED) is 0.732. The number of para-hydroxylation sites is 3. The van der Waals surface area contributed by atoms with Crippen molar-refractivity contribution in [2.75, 3.05) is 4.90 Å². The van der Waals surface area contributed by atoms with E-state index in [-0.39, 0.29) is 18.5 Å². The molecule has 2 aromatic carbocycles. The third kappa shape index (κ3) is 3.48. The van der Waals surface area contributed by atoms with Gasteiger partial charge in [-0.2, -0.15) is 0 Å². The van der Waals surface area contributed by atoms with Crippen molar-refractivity contribution in [2.45, 2.75) is 45.9 Å². The lowest BCUT2D eigenvalue weighted by Crippen LogP contribution is -2.39. The fourth-order valence-corrected chi connectivity index (χ4v) is 3.23. The van der Waals surface area contributed by atoms with Crippen molar-refractivity contribution in [2.24, 2.45) is 0 Å². The van der Waals surface area contributed by atoms with E-state index in [2.05, 4.69) is 4.98 Å². The van der Waals surface area contributed by atoms with Gasteiger partial charge in [-0.15, -0.1) is 0 Å². The number of carbonyl (C=O) groups is 1. The van der Waals surface area contributed by atoms with E-state index < -0.39 is 6.10 Å². The summed E-state index contributed by atoms with van der Waals surface area (Å²) in [6.07, 6.45) is -0.149. The smallest absolute Gasteiger partial charge is 0.247 e. The largest absolute Gasteiger partial charge is 0.385 e. The topological polar surface area (TPSA) is 58.4 Å². The molecule has 1 aromatic heterocycles. The van der Waals surface area contributed by atoms with Gasteiger partial charge >= 0.3 is 0 Å². The second-order valence-corrected chi connectivity index (χ2v) is 6.66. The number of carbonyl (C=O) groups excluding carboxylic acids is 1. The van der Waals surface area contributed by atoms with Crippen LogP contribution in [0.2, 0.25) is 0 Å². The van der Waals surface area contributed by atoms with Gasteiger partial charge in [-0.25, -0.2) is 4.98 Å². The maximum atomic E-state index is 13.2. The second-order valence-electron chi connectivity index (χ2n) is 6.66. The number of nitrogens with zero attached hydrogens (tertiary/aromatic N) is 3. The molecule has 3 aromatic rings. The lowest BCUT2D eigenvalue weighted by atomic mass is 10.2. The maximum absolute atomic E-state index is 13.2. The van der Waals surface area contributed by atoms with Crippen molar-refractivity contribution in [1.82, 2.24) is 9.55 Å². The highest BCUT2D eigenvalue weighted by atomic mass is 16.3. The highest BCUT2D eigenvalue weighted by Crippen LogP contribution is 2.24. The molecule has 0 fully saturated rings. The van der Waals surface area contributed by atoms with Gasteiger partial charge in [-0.3, -0.25) is 4.79 Å². The molecule has 5 heteroatoms. The molecular formula is C21H25N3O2. The Morgan fingerprint density at radius 2 is 1.77 bits per heavy atom. The van der Waals surface area contributed by atoms with E-state index in [1.165, 1.54) is 0 Å². The van der Waals surface area contributed by atoms with Crippen molar-refractivity contribution in [3.63, 3.8) is 0 Å². The van der Waals surface area contributed by atoms with Crippen molar-refractivity contribution in [3.05, 3.63) is 60.4 Å². The molecule has 5 nitrogen and oxygen atoms in total. The lowest BCUT2D eigenvalue weighted by molar-refractivity contribution is -0.119. The Kier molecular flexibility index (Phi) is 5.38. The van der Waals surface area contributed by atoms with Crippen LogP contribution in [-0.2, 0) is 11.3 Å². The lowest BCUT2D eigenvalue weighted by Gasteiger charge is -2.27. The van der Waals surface area contributed by atoms with E-state index >= 15 is 0 Å². The monoisotopic (exact) mass is 351 g/mol. The van der Waals surface area contributed by atoms with Crippen LogP contribution in [0.4, 0.5) is 5.69 Å². The first-order valence-corrected chi connectivity index (χ1v) is 9.03. The van der Waals surface area contributed by atoms with Gasteiger partial charge in [-0.1, -0.05) is 37.3 Å². The summed E-state index contributed by atoms with van der Waals surface area (Å²) >= 11 is 0. The average molecular weight is 351 g/mol. The molecule has 0 spiro atoms. The van der Waals surface area contributed by atoms with E-state index in [9.17, 15) is 9.90 Å². The molecule has 0 unspecified atom stereocenters. The number of amides is 1. The van der Waals surface area contributed by atoms with Gasteiger partial charge < -0.3 is 14.6 Å². The van der Waals surface area contributed by atoms with Gasteiger partial charge in [0.2, 0.25) is 5.91 Å². The first-order valence-electron chi connectivity index (χ1n) is 9.03. The standard InChI is InChI=1S/C21H25N3O2/c1-4-19(25)21-22-17-12-8-9-13-18(17)23(21)14-20(26)24(15(2)3)16-10-6-5-7-11-16/h5-13,15,19,25H,4,14H2,1-3H3/t19-/m0/s1. The van der Waals surface area contributed by atoms with Gasteiger partial charge in [0.1, 0.15) is 18.5 Å². The van der Waals surface area contributed by atoms with Crippen LogP contribution in [0.15, 0.2) is 54.6 Å². The third-order valence-corrected chi connectivity index (χ3v) is 4.48. The van der Waals surface area contributed by atoms with Crippen molar-refractivity contribution in [1.29, 1.82) is 0 Å². The van der Waals surface area contributed by atoms with E-state index in [4.69, 9.17) is 0 Å². The van der Waals surface area contributed by atoms with Crippen LogP contribution in [0, 0.1) is 0 Å². The molecule has 1 atom stereocenters. The molecule has 0 radical (unpaired) electrons. The normalized spacial score (nSPS) is 12.5. The summed E-state index contributed by atoms with van der Waals surface area (Å²) in [7, 11) is 0. The predicted molar refractivity (Wildman–Crippen MR) is 104 cm³/mol. The Hall–Kier alpha value is -2.66. The van der Waals surface area contributed by atoms with Crippen LogP contribution >= 0.6 is 0 Å². The van der Waals surface area contributed by atoms with Gasteiger partial charge in [0, 0.05) is 11.7 Å². The summed E-state index contributed by atoms with van der Waals surface area (Å²) in [6.45, 7) is 6.04. The Bertz CT molecular complexity index is 887. The Labute approximate surface area is 153 Å². The van der Waals surface area contributed by atoms with Crippen LogP contribution in [0.1, 0.15) is 39.1 Å². The van der Waals surface area contributed by atoms with Crippen LogP contribution < -0.4 is 4.90 Å². The minimum Gasteiger partial charge on any atom is -0.385 e. The SMILES string of the molecule is CC[C@H](O)c1nc2ccccc2n1CC(=O)N(c1ccccc1)C(C)C. The second kappa shape index (κ2) is 7.70. The number of anilines is 1. The van der Waals surface area contributed by atoms with Crippen molar-refractivity contribution < 1.29 is 9.90 Å². The number of fused-ring (bicyclic) bond motifs is 1. The number of hydrogen-bond acceptors (Lipinski definition) is 3. The molecule has 136 valence electrons. The predicted octanol–water partition coefficient (Wildman–Crippen LogP) is 3.92. The fraction of sp³-hybridized carbons (Fsp3) is 0.333. The molecule has 3 rings (SSSR count). The van der Waals surface area contributed by atoms with Crippen LogP contribution in [0.25, 0.3) is 11.0 Å². The van der Waals surface area contributed by atoms with Crippen LogP contribution in [-0.4, -0.2) is 26.6 Å². The Morgan fingerprint density at radius 1 is 1.12 bits per heavy atom. The highest BCUT2D eigenvalue weighted by Gasteiger charge is 2.23. The first-order chi connectivity index (χ1) is 12.5. The van der Waals surface area contributed by atoms with Crippen LogP contribution in [0.5, 0.6) is 0 Å². The zero-order chi connectivity index (χ0) is 18.7. The fourth-order valence-electron chi connectivity index (χ4n) is 3.23. The summed E-state index contributed by atoms with van der Waals surface area (Å²) in [5.74, 6) is 0.512. The summed E-state index contributed by atoms with van der Waals surface area (Å²) in [6, 6.07) is 17.4. The maximum Gasteiger partial charge on any atom is 0.247 e. The molecule has 0 bridgehead atoms. The van der Waals surface area contributed by atoms with E-state index in [1.807, 2.05) is 79.9 Å². The molecule has 26 heavy (non-hydrogen) atoms. The highest BCUT2D eigenvalue weighted by molar-refractivity contribution is 5.94. The molecule has 0 saturated heterocycles. The Balaban J connectivity index is 2.00. The van der Waals surface area contributed by atoms with E-state index in [0.717, 1.165) is 16.7 Å². The summed E-state index contributed by atoms with van der Waals surface area (Å²) < 4.78 is 1.84. The van der Waals surface area contributed by atoms with Gasteiger partial charge in [0.25, 0.3) is 0 Å². The van der Waals surface area contributed by atoms with Crippen LogP contribution in [0.3, 0.4) is 0 Å². The number of rotatable bonds is 6. The molecule has 0 aliphatic heterocycles. The minimum atomic E-state index is -0.695. The van der Waals surface area contributed by atoms with Gasteiger partial charge in [0.15, 0.2) is 0 Å². The van der Waals surface area contributed by atoms with Gasteiger partial charge in [0.05, 0.1) is 11.0 Å². The number of imidazole rings is 1. The zero-order valence-corrected chi connectivity index (χ0v) is 15.5. The molecule has 1 amide bonds. The number of benzene rings is 2. The summed E-state index contributed by atoms with van der Waals surface area (Å²) in [5, 5.41) is 10.4. The molecule has 1 N–H and O–H groups in total. The average Bonchev–Trinajstić information content (AvgIpc) is 3.00. The first kappa shape index (κ1) is 18.1. The van der Waals surface area contributed by atoms with Gasteiger partial charge in [-0.05, 0) is 44.5 Å². The summed E-state index contributed by atoms with van der Waals surface area (Å²) in [5.41, 5.74) is 2.52. The molecule has 1 heterocycles. The Morgan fingerprint density at radius 3 is 2.42 bits per heavy atom. The summed E-state index contributed by atoms with van der Waals surface area (Å²) in [4.78, 5) is 19.5. The molecule has 0 saturated carbocycles. The number of aromatic nitrogens is 2. The molecule has 0 aliphatic rings. The van der Waals surface area contributed by atoms with E-state index in [0.29, 0.717) is 12.2 Å². The number of aliphatic hydroxyl groups is 1. The van der Waals surface area contributed by atoms with Crippen molar-refractivity contribution in [3.8, 4) is 0 Å².